The molecule has 25 heavy (non-hydrogen) atoms. The molecule has 1 atom stereocenters. The van der Waals surface area contributed by atoms with Crippen LogP contribution in [0.5, 0.6) is 11.5 Å². The van der Waals surface area contributed by atoms with E-state index >= 15 is 0 Å². The van der Waals surface area contributed by atoms with E-state index in [0.717, 1.165) is 12.1 Å². The summed E-state index contributed by atoms with van der Waals surface area (Å²) in [5.41, 5.74) is 1.14. The molecule has 0 amide bonds. The molecule has 0 fully saturated rings. The number of ether oxygens (including phenoxy) is 2. The highest BCUT2D eigenvalue weighted by Crippen LogP contribution is 2.17. The first-order chi connectivity index (χ1) is 11.9. The number of benzene rings is 2. The first kappa shape index (κ1) is 19.1. The number of carbonyl (C=O) groups is 1. The van der Waals surface area contributed by atoms with Gasteiger partial charge in [0.1, 0.15) is 18.1 Å². The van der Waals surface area contributed by atoms with Crippen LogP contribution in [0.3, 0.4) is 0 Å². The predicted molar refractivity (Wildman–Crippen MR) is 96.9 cm³/mol. The molecule has 0 aliphatic rings. The van der Waals surface area contributed by atoms with Crippen LogP contribution >= 0.6 is 11.6 Å². The number of halogens is 1. The minimum atomic E-state index is -0.717. The summed E-state index contributed by atoms with van der Waals surface area (Å²) in [6.45, 7) is 3.27. The Labute approximate surface area is 152 Å². The Bertz CT molecular complexity index is 673. The molecule has 0 saturated carbocycles. The van der Waals surface area contributed by atoms with Gasteiger partial charge in [-0.15, -0.1) is 0 Å². The Balaban J connectivity index is 1.70. The Morgan fingerprint density at radius 2 is 1.80 bits per heavy atom. The van der Waals surface area contributed by atoms with Crippen LogP contribution in [0, 0.1) is 0 Å². The molecule has 0 aliphatic heterocycles. The lowest BCUT2D eigenvalue weighted by Crippen LogP contribution is -2.30. The first-order valence-corrected chi connectivity index (χ1v) is 8.37. The molecule has 0 radical (unpaired) electrons. The van der Waals surface area contributed by atoms with E-state index in [0.29, 0.717) is 17.3 Å². The summed E-state index contributed by atoms with van der Waals surface area (Å²) in [4.78, 5) is 14.0. The number of nitrogens with zero attached hydrogens (tertiary/aromatic N) is 1. The molecule has 0 spiro atoms. The Kier molecular flexibility index (Phi) is 7.10. The number of likely N-dealkylation sites (N-methyl/N-ethyl adjacent to an activating group) is 1. The number of hydrogen-bond acceptors (Lipinski definition) is 5. The van der Waals surface area contributed by atoms with Crippen LogP contribution in [-0.4, -0.2) is 42.3 Å². The summed E-state index contributed by atoms with van der Waals surface area (Å²) >= 11 is 5.87. The molecule has 1 N–H and O–H groups in total. The fourth-order valence-corrected chi connectivity index (χ4v) is 2.30. The van der Waals surface area contributed by atoms with Gasteiger partial charge in [-0.05, 0) is 55.9 Å². The van der Waals surface area contributed by atoms with Crippen molar-refractivity contribution in [2.45, 2.75) is 19.6 Å². The van der Waals surface area contributed by atoms with Crippen LogP contribution in [0.2, 0.25) is 5.02 Å². The Morgan fingerprint density at radius 1 is 1.16 bits per heavy atom. The number of phenolic OH excluding ortho intramolecular Hbond substituents is 1. The largest absolute Gasteiger partial charge is 0.508 e. The average Bonchev–Trinajstić information content (AvgIpc) is 2.59. The third-order valence-corrected chi connectivity index (χ3v) is 3.82. The van der Waals surface area contributed by atoms with Crippen molar-refractivity contribution in [3.8, 4) is 11.5 Å². The van der Waals surface area contributed by atoms with Crippen molar-refractivity contribution in [1.29, 1.82) is 0 Å². The fourth-order valence-electron chi connectivity index (χ4n) is 2.18. The molecule has 0 aromatic heterocycles. The lowest BCUT2D eigenvalue weighted by molar-refractivity contribution is -0.151. The van der Waals surface area contributed by atoms with Gasteiger partial charge in [-0.3, -0.25) is 4.90 Å². The normalized spacial score (nSPS) is 12.0. The zero-order valence-corrected chi connectivity index (χ0v) is 15.1. The predicted octanol–water partition coefficient (Wildman–Crippen LogP) is 3.49. The Morgan fingerprint density at radius 3 is 2.44 bits per heavy atom. The molecule has 0 aliphatic carbocycles. The van der Waals surface area contributed by atoms with E-state index < -0.39 is 12.1 Å². The molecule has 2 aromatic carbocycles. The maximum Gasteiger partial charge on any atom is 0.347 e. The minimum absolute atomic E-state index is 0.145. The van der Waals surface area contributed by atoms with Crippen molar-refractivity contribution >= 4 is 17.6 Å². The molecule has 0 heterocycles. The molecule has 2 aromatic rings. The maximum atomic E-state index is 12.0. The van der Waals surface area contributed by atoms with E-state index in [1.165, 1.54) is 12.1 Å². The number of esters is 1. The van der Waals surface area contributed by atoms with Gasteiger partial charge >= 0.3 is 5.97 Å². The van der Waals surface area contributed by atoms with Gasteiger partial charge in [0, 0.05) is 18.1 Å². The number of carbonyl (C=O) groups excluding carboxylic acids is 1. The van der Waals surface area contributed by atoms with Crippen LogP contribution < -0.4 is 4.74 Å². The standard InChI is InChI=1S/C19H22ClNO4/c1-14(25-18-9-7-17(22)8-10-18)19(23)24-12-11-21(2)13-15-3-5-16(20)6-4-15/h3-10,14,22H,11-13H2,1-2H3. The van der Waals surface area contributed by atoms with Crippen molar-refractivity contribution < 1.29 is 19.4 Å². The molecule has 0 saturated heterocycles. The van der Waals surface area contributed by atoms with Crippen molar-refractivity contribution in [3.63, 3.8) is 0 Å². The number of aromatic hydroxyl groups is 1. The van der Waals surface area contributed by atoms with Gasteiger partial charge in [0.2, 0.25) is 0 Å². The van der Waals surface area contributed by atoms with Gasteiger partial charge in [0.15, 0.2) is 6.10 Å². The lowest BCUT2D eigenvalue weighted by atomic mass is 10.2. The van der Waals surface area contributed by atoms with Gasteiger partial charge in [-0.2, -0.15) is 0 Å². The van der Waals surface area contributed by atoms with Gasteiger partial charge < -0.3 is 14.6 Å². The van der Waals surface area contributed by atoms with E-state index in [2.05, 4.69) is 4.90 Å². The summed E-state index contributed by atoms with van der Waals surface area (Å²) in [6.07, 6.45) is -0.717. The van der Waals surface area contributed by atoms with Crippen molar-refractivity contribution in [3.05, 3.63) is 59.1 Å². The average molecular weight is 364 g/mol. The van der Waals surface area contributed by atoms with Crippen molar-refractivity contribution in [1.82, 2.24) is 4.90 Å². The first-order valence-electron chi connectivity index (χ1n) is 7.99. The van der Waals surface area contributed by atoms with E-state index in [-0.39, 0.29) is 12.4 Å². The van der Waals surface area contributed by atoms with Crippen LogP contribution in [-0.2, 0) is 16.1 Å². The van der Waals surface area contributed by atoms with Gasteiger partial charge in [-0.1, -0.05) is 23.7 Å². The monoisotopic (exact) mass is 363 g/mol. The van der Waals surface area contributed by atoms with E-state index in [1.54, 1.807) is 19.1 Å². The topological polar surface area (TPSA) is 59.0 Å². The second kappa shape index (κ2) is 9.30. The molecule has 2 rings (SSSR count). The highest BCUT2D eigenvalue weighted by molar-refractivity contribution is 6.30. The minimum Gasteiger partial charge on any atom is -0.508 e. The highest BCUT2D eigenvalue weighted by atomic mass is 35.5. The molecule has 1 unspecified atom stereocenters. The maximum absolute atomic E-state index is 12.0. The molecule has 134 valence electrons. The summed E-state index contributed by atoms with van der Waals surface area (Å²) in [5.74, 6) is 0.223. The summed E-state index contributed by atoms with van der Waals surface area (Å²) < 4.78 is 10.7. The SMILES string of the molecule is CC(Oc1ccc(O)cc1)C(=O)OCCN(C)Cc1ccc(Cl)cc1. The van der Waals surface area contributed by atoms with Crippen LogP contribution in [0.25, 0.3) is 0 Å². The zero-order valence-electron chi connectivity index (χ0n) is 14.3. The van der Waals surface area contributed by atoms with Crippen molar-refractivity contribution in [2.75, 3.05) is 20.2 Å². The second-order valence-corrected chi connectivity index (χ2v) is 6.22. The second-order valence-electron chi connectivity index (χ2n) is 5.79. The van der Waals surface area contributed by atoms with Crippen molar-refractivity contribution in [2.24, 2.45) is 0 Å². The number of rotatable bonds is 8. The summed E-state index contributed by atoms with van der Waals surface area (Å²) in [7, 11) is 1.96. The molecule has 6 heteroatoms. The quantitative estimate of drug-likeness (QED) is 0.727. The Hall–Kier alpha value is -2.24. The fraction of sp³-hybridized carbons (Fsp3) is 0.316. The molecule has 5 nitrogen and oxygen atoms in total. The lowest BCUT2D eigenvalue weighted by Gasteiger charge is -2.18. The van der Waals surface area contributed by atoms with Crippen LogP contribution in [0.1, 0.15) is 12.5 Å². The van der Waals surface area contributed by atoms with Gasteiger partial charge in [0.25, 0.3) is 0 Å². The number of phenols is 1. The smallest absolute Gasteiger partial charge is 0.347 e. The van der Waals surface area contributed by atoms with Gasteiger partial charge in [0.05, 0.1) is 0 Å². The molecule has 0 bridgehead atoms. The molecular weight excluding hydrogens is 342 g/mol. The van der Waals surface area contributed by atoms with E-state index in [4.69, 9.17) is 21.1 Å². The van der Waals surface area contributed by atoms with Gasteiger partial charge in [-0.25, -0.2) is 4.79 Å². The summed E-state index contributed by atoms with van der Waals surface area (Å²) in [6, 6.07) is 13.8. The summed E-state index contributed by atoms with van der Waals surface area (Å²) in [5, 5.41) is 9.94. The number of hydrogen-bond donors (Lipinski definition) is 1. The zero-order chi connectivity index (χ0) is 18.2. The van der Waals surface area contributed by atoms with E-state index in [1.807, 2.05) is 31.3 Å². The third kappa shape index (κ3) is 6.64. The third-order valence-electron chi connectivity index (χ3n) is 3.56. The molecular formula is C19H22ClNO4. The van der Waals surface area contributed by atoms with Crippen LogP contribution in [0.15, 0.2) is 48.5 Å². The highest BCUT2D eigenvalue weighted by Gasteiger charge is 2.16. The van der Waals surface area contributed by atoms with Crippen LogP contribution in [0.4, 0.5) is 0 Å². The van der Waals surface area contributed by atoms with E-state index in [9.17, 15) is 9.90 Å².